The van der Waals surface area contributed by atoms with Gasteiger partial charge in [-0.1, -0.05) is 0 Å². The molecule has 0 heterocycles. The van der Waals surface area contributed by atoms with Crippen LogP contribution in [0.5, 0.6) is 0 Å². The van der Waals surface area contributed by atoms with E-state index in [0.717, 1.165) is 6.92 Å². The molecule has 0 unspecified atom stereocenters. The molecule has 2 nitrogen and oxygen atoms in total. The molecule has 0 radical (unpaired) electrons. The summed E-state index contributed by atoms with van der Waals surface area (Å²) >= 11 is -2.05. The van der Waals surface area contributed by atoms with Crippen molar-refractivity contribution in [1.82, 2.24) is 0 Å². The Balaban J connectivity index is 0. The van der Waals surface area contributed by atoms with Gasteiger partial charge in [0.1, 0.15) is 0 Å². The van der Waals surface area contributed by atoms with Crippen LogP contribution in [0.25, 0.3) is 0 Å². The molecule has 0 saturated heterocycles. The SMILES string of the molecule is CC(=O)O.[Cl][Eu]([Cl])[Cl]. The third-order valence-corrected chi connectivity index (χ3v) is 0. The molecule has 52 valence electrons. The fourth-order valence-corrected chi connectivity index (χ4v) is 0. The van der Waals surface area contributed by atoms with Gasteiger partial charge in [-0.05, 0) is 0 Å². The Kier molecular flexibility index (Phi) is 14.0. The van der Waals surface area contributed by atoms with E-state index >= 15 is 0 Å². The summed E-state index contributed by atoms with van der Waals surface area (Å²) in [7, 11) is 0. The molecule has 0 saturated carbocycles. The zero-order valence-electron chi connectivity index (χ0n) is 3.87. The Hall–Kier alpha value is 1.92. The van der Waals surface area contributed by atoms with Crippen molar-refractivity contribution in [3.63, 3.8) is 0 Å². The fourth-order valence-electron chi connectivity index (χ4n) is 0. The molecule has 0 bridgehead atoms. The molecule has 0 aliphatic carbocycles. The molecule has 0 amide bonds. The van der Waals surface area contributed by atoms with Crippen molar-refractivity contribution in [2.75, 3.05) is 0 Å². The van der Waals surface area contributed by atoms with Crippen molar-refractivity contribution in [3.8, 4) is 0 Å². The number of hydrogen-bond donors (Lipinski definition) is 1. The van der Waals surface area contributed by atoms with Crippen molar-refractivity contribution in [3.05, 3.63) is 0 Å². The summed E-state index contributed by atoms with van der Waals surface area (Å²) < 4.78 is 15.0. The number of rotatable bonds is 0. The molecule has 8 heavy (non-hydrogen) atoms. The van der Waals surface area contributed by atoms with Gasteiger partial charge >= 0.3 is 49.4 Å². The van der Waals surface area contributed by atoms with E-state index in [1.807, 2.05) is 0 Å². The number of hydrogen-bond acceptors (Lipinski definition) is 1. The van der Waals surface area contributed by atoms with Gasteiger partial charge in [0, 0.05) is 6.92 Å². The van der Waals surface area contributed by atoms with Crippen LogP contribution in [0.2, 0.25) is 0 Å². The van der Waals surface area contributed by atoms with E-state index in [0.29, 0.717) is 0 Å². The summed E-state index contributed by atoms with van der Waals surface area (Å²) in [4.78, 5) is 9.00. The van der Waals surface area contributed by atoms with Gasteiger partial charge in [0.25, 0.3) is 5.97 Å². The Morgan fingerprint density at radius 1 is 1.50 bits per heavy atom. The second-order valence-electron chi connectivity index (χ2n) is 0.681. The third-order valence-electron chi connectivity index (χ3n) is 0. The maximum absolute atomic E-state index is 9.00. The molecule has 0 atom stereocenters. The van der Waals surface area contributed by atoms with E-state index < -0.39 is 42.9 Å². The molecule has 1 N–H and O–H groups in total. The van der Waals surface area contributed by atoms with Crippen molar-refractivity contribution >= 4 is 18.4 Å². The van der Waals surface area contributed by atoms with Crippen LogP contribution in [-0.4, -0.2) is 11.1 Å². The normalized spacial score (nSPS) is 8.75. The van der Waals surface area contributed by atoms with Gasteiger partial charge in [0.15, 0.2) is 0 Å². The maximum atomic E-state index is 9.00. The number of halogens is 3. The molecule has 0 aliphatic heterocycles. The predicted molar refractivity (Wildman–Crippen MR) is 30.9 cm³/mol. The molecule has 0 aromatic carbocycles. The van der Waals surface area contributed by atoms with E-state index in [-0.39, 0.29) is 0 Å². The first kappa shape index (κ1) is 12.6. The van der Waals surface area contributed by atoms with Crippen molar-refractivity contribution in [2.24, 2.45) is 0 Å². The van der Waals surface area contributed by atoms with Gasteiger partial charge < -0.3 is 5.11 Å². The summed E-state index contributed by atoms with van der Waals surface area (Å²) in [5.74, 6) is -0.833. The number of carboxylic acids is 1. The van der Waals surface area contributed by atoms with E-state index in [1.54, 1.807) is 0 Å². The Morgan fingerprint density at radius 3 is 1.50 bits per heavy atom. The average Bonchev–Trinajstić information content (AvgIpc) is 1.25. The zero-order chi connectivity index (χ0) is 7.15. The molecule has 0 aromatic heterocycles. The standard InChI is InChI=1S/C2H4O2.3ClH.Eu/c1-2(3)4;;;;/h1H3,(H,3,4);3*1H;/q;;;;+3/p-3. The molecular formula is C2H4Cl3EuO2. The third kappa shape index (κ3) is 103. The summed E-state index contributed by atoms with van der Waals surface area (Å²) in [5, 5.41) is 7.42. The van der Waals surface area contributed by atoms with E-state index in [1.165, 1.54) is 0 Å². The topological polar surface area (TPSA) is 37.3 Å². The van der Waals surface area contributed by atoms with Gasteiger partial charge in [0.05, 0.1) is 0 Å². The molecule has 0 spiro atoms. The van der Waals surface area contributed by atoms with Crippen LogP contribution in [-0.2, 0) is 4.79 Å². The molecule has 0 aliphatic rings. The summed E-state index contributed by atoms with van der Waals surface area (Å²) in [6.45, 7) is 1.08. The van der Waals surface area contributed by atoms with Gasteiger partial charge in [0.2, 0.25) is 0 Å². The van der Waals surface area contributed by atoms with Gasteiger partial charge in [-0.2, -0.15) is 0 Å². The molecular weight excluding hydrogens is 314 g/mol. The summed E-state index contributed by atoms with van der Waals surface area (Å²) in [5.41, 5.74) is 0. The average molecular weight is 318 g/mol. The number of carboxylic acid groups (broad SMARTS) is 1. The van der Waals surface area contributed by atoms with Crippen LogP contribution >= 0.6 is 12.5 Å². The van der Waals surface area contributed by atoms with Crippen molar-refractivity contribution < 1.29 is 46.9 Å². The molecule has 0 fully saturated rings. The number of carbonyl (C=O) groups is 1. The number of aliphatic carboxylic acids is 1. The quantitative estimate of drug-likeness (QED) is 0.743. The van der Waals surface area contributed by atoms with Crippen LogP contribution in [0.3, 0.4) is 0 Å². The van der Waals surface area contributed by atoms with Crippen molar-refractivity contribution in [1.29, 1.82) is 0 Å². The van der Waals surface area contributed by atoms with E-state index in [2.05, 4.69) is 0 Å². The van der Waals surface area contributed by atoms with Crippen LogP contribution in [0.15, 0.2) is 0 Å². The van der Waals surface area contributed by atoms with E-state index in [9.17, 15) is 0 Å². The van der Waals surface area contributed by atoms with Crippen LogP contribution in [0.4, 0.5) is 0 Å². The molecule has 0 rings (SSSR count). The first-order chi connectivity index (χ1) is 3.46. The second kappa shape index (κ2) is 8.92. The second-order valence-corrected chi connectivity index (χ2v) is 11.3. The van der Waals surface area contributed by atoms with Crippen LogP contribution in [0, 0.1) is 37.0 Å². The minimum atomic E-state index is -2.05. The van der Waals surface area contributed by atoms with E-state index in [4.69, 9.17) is 22.4 Å². The Morgan fingerprint density at radius 2 is 1.50 bits per heavy atom. The summed E-state index contributed by atoms with van der Waals surface area (Å²) in [6, 6.07) is 0. The van der Waals surface area contributed by atoms with Crippen LogP contribution in [0.1, 0.15) is 6.92 Å². The Labute approximate surface area is 70.4 Å². The van der Waals surface area contributed by atoms with Crippen LogP contribution < -0.4 is 0 Å². The van der Waals surface area contributed by atoms with Gasteiger partial charge in [-0.15, -0.1) is 0 Å². The fraction of sp³-hybridized carbons (Fsp3) is 0.500. The first-order valence-electron chi connectivity index (χ1n) is 1.36. The first-order valence-corrected chi connectivity index (χ1v) is 10.5. The minimum absolute atomic E-state index is 0.833. The predicted octanol–water partition coefficient (Wildman–Crippen LogP) is 2.16. The molecule has 0 aromatic rings. The molecule has 6 heteroatoms. The zero-order valence-corrected chi connectivity index (χ0v) is 8.56. The van der Waals surface area contributed by atoms with Gasteiger partial charge in [-0.25, -0.2) is 0 Å². The summed E-state index contributed by atoms with van der Waals surface area (Å²) in [6.07, 6.45) is 0. The van der Waals surface area contributed by atoms with Crippen molar-refractivity contribution in [2.45, 2.75) is 6.92 Å². The van der Waals surface area contributed by atoms with Gasteiger partial charge in [-0.3, -0.25) is 4.79 Å². The monoisotopic (exact) mass is 318 g/mol. The Bertz CT molecular complexity index is 59.5.